The third-order valence-corrected chi connectivity index (χ3v) is 1.81. The Morgan fingerprint density at radius 2 is 1.87 bits per heavy atom. The molecule has 0 N–H and O–H groups in total. The van der Waals surface area contributed by atoms with Crippen LogP contribution in [0.1, 0.15) is 13.3 Å². The third-order valence-electron chi connectivity index (χ3n) is 1.81. The van der Waals surface area contributed by atoms with Gasteiger partial charge in [-0.05, 0) is 13.0 Å². The quantitative estimate of drug-likeness (QED) is 0.386. The van der Waals surface area contributed by atoms with Crippen LogP contribution in [0.5, 0.6) is 0 Å². The number of hydrogen-bond donors (Lipinski definition) is 0. The van der Waals surface area contributed by atoms with Crippen LogP contribution in [-0.4, -0.2) is 40.4 Å². The van der Waals surface area contributed by atoms with E-state index in [9.17, 15) is 4.79 Å². The lowest BCUT2D eigenvalue weighted by atomic mass is 10.2. The fourth-order valence-electron chi connectivity index (χ4n) is 0.920. The Bertz CT molecular complexity index is 208. The number of rotatable bonds is 6. The zero-order valence-corrected chi connectivity index (χ0v) is 9.61. The summed E-state index contributed by atoms with van der Waals surface area (Å²) < 4.78 is 19.1. The van der Waals surface area contributed by atoms with Crippen LogP contribution in [0, 0.1) is 0 Å². The van der Waals surface area contributed by atoms with Gasteiger partial charge in [0.1, 0.15) is 6.61 Å². The monoisotopic (exact) mass is 218 g/mol. The molecule has 0 aliphatic heterocycles. The van der Waals surface area contributed by atoms with Crippen LogP contribution in [0.2, 0.25) is 0 Å². The van der Waals surface area contributed by atoms with Crippen molar-refractivity contribution in [2.45, 2.75) is 19.6 Å². The van der Waals surface area contributed by atoms with Crippen molar-refractivity contribution in [1.29, 1.82) is 0 Å². The van der Waals surface area contributed by atoms with Crippen LogP contribution in [-0.2, 0) is 18.9 Å². The van der Waals surface area contributed by atoms with Gasteiger partial charge in [0.25, 0.3) is 0 Å². The summed E-state index contributed by atoms with van der Waals surface area (Å²) in [6, 6.07) is 0. The van der Waals surface area contributed by atoms with E-state index in [0.29, 0.717) is 6.42 Å². The largest absolute Gasteiger partial charge is 0.508 e. The van der Waals surface area contributed by atoms with Gasteiger partial charge in [-0.2, -0.15) is 0 Å². The van der Waals surface area contributed by atoms with Gasteiger partial charge >= 0.3 is 6.16 Å². The minimum atomic E-state index is -0.686. The molecule has 5 nitrogen and oxygen atoms in total. The molecule has 0 heterocycles. The van der Waals surface area contributed by atoms with E-state index in [1.165, 1.54) is 7.11 Å². The first-order chi connectivity index (χ1) is 7.13. The van der Waals surface area contributed by atoms with Crippen LogP contribution in [0.25, 0.3) is 0 Å². The average molecular weight is 218 g/mol. The topological polar surface area (TPSA) is 54.0 Å². The maximum atomic E-state index is 10.6. The molecule has 0 aromatic carbocycles. The molecule has 0 aliphatic carbocycles. The first-order valence-electron chi connectivity index (χ1n) is 4.56. The molecule has 0 atom stereocenters. The molecule has 0 bridgehead atoms. The molecule has 0 saturated carbocycles. The molecule has 0 amide bonds. The van der Waals surface area contributed by atoms with E-state index >= 15 is 0 Å². The minimum Gasteiger partial charge on any atom is -0.438 e. The first-order valence-corrected chi connectivity index (χ1v) is 4.56. The van der Waals surface area contributed by atoms with E-state index in [4.69, 9.17) is 14.2 Å². The number of carbonyl (C=O) groups is 1. The van der Waals surface area contributed by atoms with E-state index in [-0.39, 0.29) is 12.9 Å². The molecule has 0 saturated heterocycles. The molecule has 0 aromatic rings. The standard InChI is InChI=1S/C10H18O5/c1-8(7-9(12-2)13-3)5-6-15-10(11)14-4/h5,9H,6-7H2,1-4H3/b8-5+. The SMILES string of the molecule is COC(=O)OC/C=C(\C)CC(OC)OC. The van der Waals surface area contributed by atoms with Crippen molar-refractivity contribution in [3.63, 3.8) is 0 Å². The highest BCUT2D eigenvalue weighted by Crippen LogP contribution is 2.07. The Hall–Kier alpha value is -1.07. The Morgan fingerprint density at radius 1 is 1.27 bits per heavy atom. The number of carbonyl (C=O) groups excluding carboxylic acids is 1. The molecule has 0 radical (unpaired) electrons. The summed E-state index contributed by atoms with van der Waals surface area (Å²) in [6.45, 7) is 2.10. The summed E-state index contributed by atoms with van der Waals surface area (Å²) in [6.07, 6.45) is 1.47. The van der Waals surface area contributed by atoms with Crippen molar-refractivity contribution < 1.29 is 23.7 Å². The maximum absolute atomic E-state index is 10.6. The zero-order chi connectivity index (χ0) is 11.7. The van der Waals surface area contributed by atoms with Gasteiger partial charge in [-0.1, -0.05) is 5.57 Å². The first kappa shape index (κ1) is 13.9. The maximum Gasteiger partial charge on any atom is 0.508 e. The van der Waals surface area contributed by atoms with Crippen molar-refractivity contribution in [1.82, 2.24) is 0 Å². The Labute approximate surface area is 89.9 Å². The van der Waals surface area contributed by atoms with Crippen LogP contribution in [0.3, 0.4) is 0 Å². The normalized spacial score (nSPS) is 11.7. The van der Waals surface area contributed by atoms with Gasteiger partial charge in [0, 0.05) is 20.6 Å². The summed E-state index contributed by atoms with van der Waals surface area (Å²) >= 11 is 0. The molecule has 0 fully saturated rings. The minimum absolute atomic E-state index is 0.193. The average Bonchev–Trinajstić information content (AvgIpc) is 2.25. The van der Waals surface area contributed by atoms with Gasteiger partial charge in [0.2, 0.25) is 0 Å². The summed E-state index contributed by atoms with van der Waals surface area (Å²) in [5.41, 5.74) is 1.02. The van der Waals surface area contributed by atoms with Gasteiger partial charge in [0.05, 0.1) is 7.11 Å². The summed E-state index contributed by atoms with van der Waals surface area (Å²) in [7, 11) is 4.42. The van der Waals surface area contributed by atoms with Crippen LogP contribution < -0.4 is 0 Å². The zero-order valence-electron chi connectivity index (χ0n) is 9.61. The van der Waals surface area contributed by atoms with Gasteiger partial charge in [0.15, 0.2) is 6.29 Å². The Kier molecular flexibility index (Phi) is 7.67. The second-order valence-electron chi connectivity index (χ2n) is 2.92. The van der Waals surface area contributed by atoms with Crippen molar-refractivity contribution in [3.8, 4) is 0 Å². The lowest BCUT2D eigenvalue weighted by molar-refractivity contribution is -0.100. The van der Waals surface area contributed by atoms with Crippen molar-refractivity contribution >= 4 is 6.16 Å². The third kappa shape index (κ3) is 6.93. The molecule has 5 heteroatoms. The summed E-state index contributed by atoms with van der Waals surface area (Å²) in [5, 5.41) is 0. The van der Waals surface area contributed by atoms with Crippen LogP contribution in [0.4, 0.5) is 4.79 Å². The molecular weight excluding hydrogens is 200 g/mol. The molecule has 0 rings (SSSR count). The molecule has 0 spiro atoms. The van der Waals surface area contributed by atoms with Gasteiger partial charge in [-0.3, -0.25) is 0 Å². The van der Waals surface area contributed by atoms with E-state index in [1.807, 2.05) is 6.92 Å². The highest BCUT2D eigenvalue weighted by Gasteiger charge is 2.05. The smallest absolute Gasteiger partial charge is 0.438 e. The van der Waals surface area contributed by atoms with E-state index < -0.39 is 6.16 Å². The van der Waals surface area contributed by atoms with Crippen LogP contribution >= 0.6 is 0 Å². The molecule has 88 valence electrons. The second-order valence-corrected chi connectivity index (χ2v) is 2.92. The molecular formula is C10H18O5. The predicted molar refractivity (Wildman–Crippen MR) is 54.5 cm³/mol. The summed E-state index contributed by atoms with van der Waals surface area (Å²) in [4.78, 5) is 10.6. The van der Waals surface area contributed by atoms with Gasteiger partial charge in [-0.15, -0.1) is 0 Å². The van der Waals surface area contributed by atoms with Crippen LogP contribution in [0.15, 0.2) is 11.6 Å². The van der Waals surface area contributed by atoms with E-state index in [0.717, 1.165) is 5.57 Å². The number of hydrogen-bond acceptors (Lipinski definition) is 5. The lowest BCUT2D eigenvalue weighted by Gasteiger charge is -2.13. The molecule has 0 aliphatic rings. The molecule has 0 aromatic heterocycles. The van der Waals surface area contributed by atoms with Crippen molar-refractivity contribution in [3.05, 3.63) is 11.6 Å². The van der Waals surface area contributed by atoms with Crippen molar-refractivity contribution in [2.24, 2.45) is 0 Å². The summed E-state index contributed by atoms with van der Waals surface area (Å²) in [5.74, 6) is 0. The van der Waals surface area contributed by atoms with E-state index in [1.54, 1.807) is 20.3 Å². The second kappa shape index (κ2) is 8.26. The molecule has 15 heavy (non-hydrogen) atoms. The highest BCUT2D eigenvalue weighted by atomic mass is 16.7. The van der Waals surface area contributed by atoms with Gasteiger partial charge < -0.3 is 18.9 Å². The predicted octanol–water partition coefficient (Wildman–Crippen LogP) is 1.72. The molecule has 0 unspecified atom stereocenters. The Morgan fingerprint density at radius 3 is 2.33 bits per heavy atom. The number of ether oxygens (including phenoxy) is 4. The van der Waals surface area contributed by atoms with Gasteiger partial charge in [-0.25, -0.2) is 4.79 Å². The fourth-order valence-corrected chi connectivity index (χ4v) is 0.920. The van der Waals surface area contributed by atoms with Crippen molar-refractivity contribution in [2.75, 3.05) is 27.9 Å². The Balaban J connectivity index is 3.82. The van der Waals surface area contributed by atoms with E-state index in [2.05, 4.69) is 4.74 Å². The fraction of sp³-hybridized carbons (Fsp3) is 0.700. The lowest BCUT2D eigenvalue weighted by Crippen LogP contribution is -2.13. The number of methoxy groups -OCH3 is 3. The highest BCUT2D eigenvalue weighted by molar-refractivity contribution is 5.59.